The first-order valence-electron chi connectivity index (χ1n) is 8.19. The fraction of sp³-hybridized carbons (Fsp3) is 0.0556. The zero-order valence-corrected chi connectivity index (χ0v) is 15.1. The molecule has 0 amide bonds. The van der Waals surface area contributed by atoms with Crippen LogP contribution in [0.3, 0.4) is 0 Å². The van der Waals surface area contributed by atoms with Gasteiger partial charge in [-0.2, -0.15) is 10.1 Å². The van der Waals surface area contributed by atoms with Gasteiger partial charge in [-0.3, -0.25) is 5.10 Å². The van der Waals surface area contributed by atoms with Gasteiger partial charge < -0.3 is 4.52 Å². The summed E-state index contributed by atoms with van der Waals surface area (Å²) in [7, 11) is -3.82. The molecule has 2 aromatic heterocycles. The van der Waals surface area contributed by atoms with Crippen LogP contribution in [-0.2, 0) is 16.6 Å². The molecule has 2 N–H and O–H groups in total. The van der Waals surface area contributed by atoms with Gasteiger partial charge in [0.1, 0.15) is 5.82 Å². The Morgan fingerprint density at radius 2 is 1.86 bits per heavy atom. The Labute approximate surface area is 159 Å². The molecule has 0 saturated heterocycles. The maximum absolute atomic E-state index is 13.0. The molecule has 2 aromatic carbocycles. The Bertz CT molecular complexity index is 1190. The van der Waals surface area contributed by atoms with Gasteiger partial charge in [0.25, 0.3) is 0 Å². The lowest BCUT2D eigenvalue weighted by atomic mass is 10.1. The van der Waals surface area contributed by atoms with Gasteiger partial charge in [0.2, 0.25) is 21.7 Å². The van der Waals surface area contributed by atoms with Crippen LogP contribution in [0.2, 0.25) is 0 Å². The third-order valence-corrected chi connectivity index (χ3v) is 5.36. The van der Waals surface area contributed by atoms with Crippen LogP contribution in [0.25, 0.3) is 22.6 Å². The molecule has 0 aliphatic heterocycles. The third kappa shape index (κ3) is 3.82. The summed E-state index contributed by atoms with van der Waals surface area (Å²) in [6.45, 7) is -0.188. The molecule has 0 radical (unpaired) electrons. The molecule has 2 heterocycles. The number of sulfonamides is 1. The third-order valence-electron chi connectivity index (χ3n) is 3.94. The summed E-state index contributed by atoms with van der Waals surface area (Å²) >= 11 is 0. The molecule has 10 heteroatoms. The highest BCUT2D eigenvalue weighted by atomic mass is 32.2. The topological polar surface area (TPSA) is 114 Å². The highest BCUT2D eigenvalue weighted by molar-refractivity contribution is 7.89. The van der Waals surface area contributed by atoms with Crippen molar-refractivity contribution < 1.29 is 17.3 Å². The number of hydrogen-bond acceptors (Lipinski definition) is 6. The molecule has 28 heavy (non-hydrogen) atoms. The lowest BCUT2D eigenvalue weighted by Crippen LogP contribution is -2.23. The maximum Gasteiger partial charge on any atom is 0.242 e. The number of aromatic nitrogens is 4. The second-order valence-electron chi connectivity index (χ2n) is 5.84. The van der Waals surface area contributed by atoms with Crippen LogP contribution in [0.15, 0.2) is 70.2 Å². The van der Waals surface area contributed by atoms with Crippen LogP contribution in [0.1, 0.15) is 5.89 Å². The van der Waals surface area contributed by atoms with Gasteiger partial charge in [0, 0.05) is 17.3 Å². The largest absolute Gasteiger partial charge is 0.338 e. The molecular weight excluding hydrogens is 385 g/mol. The predicted octanol–water partition coefficient (Wildman–Crippen LogP) is 2.74. The Morgan fingerprint density at radius 3 is 2.61 bits per heavy atom. The summed E-state index contributed by atoms with van der Waals surface area (Å²) in [6, 6.07) is 13.8. The number of H-pyrrole nitrogens is 1. The first kappa shape index (κ1) is 18.0. The van der Waals surface area contributed by atoms with Crippen molar-refractivity contribution in [2.24, 2.45) is 0 Å². The van der Waals surface area contributed by atoms with Crippen molar-refractivity contribution in [1.29, 1.82) is 0 Å². The maximum atomic E-state index is 13.0. The summed E-state index contributed by atoms with van der Waals surface area (Å²) < 4.78 is 44.9. The minimum Gasteiger partial charge on any atom is -0.338 e. The van der Waals surface area contributed by atoms with Crippen LogP contribution in [0.4, 0.5) is 4.39 Å². The molecule has 0 spiro atoms. The van der Waals surface area contributed by atoms with Gasteiger partial charge in [-0.1, -0.05) is 23.4 Å². The molecule has 142 valence electrons. The molecule has 4 aromatic rings. The molecule has 0 unspecified atom stereocenters. The number of aromatic amines is 1. The molecule has 0 saturated carbocycles. The molecule has 0 fully saturated rings. The van der Waals surface area contributed by atoms with Crippen LogP contribution in [0, 0.1) is 5.82 Å². The first-order chi connectivity index (χ1) is 13.5. The standard InChI is InChI=1S/C18H14FN5O3S/c19-14-4-6-15(7-5-14)28(25,26)21-11-17-22-18(24-27-17)13-3-1-2-12(10-13)16-8-9-20-23-16/h1-10,21H,11H2,(H,20,23). The summed E-state index contributed by atoms with van der Waals surface area (Å²) in [6.07, 6.45) is 1.65. The van der Waals surface area contributed by atoms with E-state index in [4.69, 9.17) is 4.52 Å². The van der Waals surface area contributed by atoms with E-state index >= 15 is 0 Å². The van der Waals surface area contributed by atoms with Gasteiger partial charge in [0.15, 0.2) is 0 Å². The van der Waals surface area contributed by atoms with Gasteiger partial charge in [-0.15, -0.1) is 0 Å². The highest BCUT2D eigenvalue weighted by Gasteiger charge is 2.16. The summed E-state index contributed by atoms with van der Waals surface area (Å²) in [4.78, 5) is 4.17. The number of nitrogens with zero attached hydrogens (tertiary/aromatic N) is 3. The quantitative estimate of drug-likeness (QED) is 0.515. The van der Waals surface area contributed by atoms with E-state index in [0.717, 1.165) is 23.4 Å². The van der Waals surface area contributed by atoms with Crippen molar-refractivity contribution in [3.05, 3.63) is 72.5 Å². The fourth-order valence-corrected chi connectivity index (χ4v) is 3.51. The van der Waals surface area contributed by atoms with E-state index in [0.29, 0.717) is 11.4 Å². The minimum atomic E-state index is -3.82. The van der Waals surface area contributed by atoms with Crippen molar-refractivity contribution in [3.8, 4) is 22.6 Å². The zero-order chi connectivity index (χ0) is 19.6. The number of rotatable bonds is 6. The number of hydrogen-bond donors (Lipinski definition) is 2. The Balaban J connectivity index is 1.49. The molecule has 8 nitrogen and oxygen atoms in total. The summed E-state index contributed by atoms with van der Waals surface area (Å²) in [5.74, 6) is -0.0807. The first-order valence-corrected chi connectivity index (χ1v) is 9.67. The van der Waals surface area contributed by atoms with Crippen molar-refractivity contribution in [1.82, 2.24) is 25.1 Å². The van der Waals surface area contributed by atoms with E-state index in [9.17, 15) is 12.8 Å². The Kier molecular flexibility index (Phi) is 4.72. The number of halogens is 1. The second kappa shape index (κ2) is 7.33. The van der Waals surface area contributed by atoms with Crippen molar-refractivity contribution in [2.75, 3.05) is 0 Å². The van der Waals surface area contributed by atoms with Gasteiger partial charge >= 0.3 is 0 Å². The van der Waals surface area contributed by atoms with E-state index < -0.39 is 15.8 Å². The van der Waals surface area contributed by atoms with Crippen molar-refractivity contribution in [3.63, 3.8) is 0 Å². The van der Waals surface area contributed by atoms with E-state index in [1.165, 1.54) is 12.1 Å². The molecule has 0 bridgehead atoms. The molecule has 0 atom stereocenters. The van der Waals surface area contributed by atoms with Gasteiger partial charge in [0.05, 0.1) is 17.1 Å². The van der Waals surface area contributed by atoms with Crippen LogP contribution < -0.4 is 4.72 Å². The van der Waals surface area contributed by atoms with E-state index in [1.807, 2.05) is 30.3 Å². The van der Waals surface area contributed by atoms with Crippen molar-refractivity contribution in [2.45, 2.75) is 11.4 Å². The SMILES string of the molecule is O=S(=O)(NCc1nc(-c2cccc(-c3ccn[nH]3)c2)no1)c1ccc(F)cc1. The highest BCUT2D eigenvalue weighted by Crippen LogP contribution is 2.23. The predicted molar refractivity (Wildman–Crippen MR) is 97.7 cm³/mol. The zero-order valence-electron chi connectivity index (χ0n) is 14.3. The van der Waals surface area contributed by atoms with Gasteiger partial charge in [-0.05, 0) is 36.4 Å². The lowest BCUT2D eigenvalue weighted by molar-refractivity contribution is 0.376. The van der Waals surface area contributed by atoms with Crippen LogP contribution >= 0.6 is 0 Å². The number of nitrogens with one attached hydrogen (secondary N) is 2. The molecule has 4 rings (SSSR count). The Morgan fingerprint density at radius 1 is 1.07 bits per heavy atom. The van der Waals surface area contributed by atoms with Crippen molar-refractivity contribution >= 4 is 10.0 Å². The minimum absolute atomic E-state index is 0.0547. The number of benzene rings is 2. The average Bonchev–Trinajstić information content (AvgIpc) is 3.39. The molecule has 0 aliphatic carbocycles. The summed E-state index contributed by atoms with van der Waals surface area (Å²) in [5.41, 5.74) is 2.46. The smallest absolute Gasteiger partial charge is 0.242 e. The van der Waals surface area contributed by atoms with Gasteiger partial charge in [-0.25, -0.2) is 17.5 Å². The lowest BCUT2D eigenvalue weighted by Gasteiger charge is -2.04. The van der Waals surface area contributed by atoms with Crippen LogP contribution in [-0.4, -0.2) is 28.8 Å². The van der Waals surface area contributed by atoms with Crippen LogP contribution in [0.5, 0.6) is 0 Å². The Hall–Kier alpha value is -3.37. The second-order valence-corrected chi connectivity index (χ2v) is 7.61. The molecular formula is C18H14FN5O3S. The van der Waals surface area contributed by atoms with E-state index in [-0.39, 0.29) is 17.3 Å². The normalized spacial score (nSPS) is 11.6. The summed E-state index contributed by atoms with van der Waals surface area (Å²) in [5, 5.41) is 10.7. The van der Waals surface area contributed by atoms with E-state index in [1.54, 1.807) is 6.20 Å². The average molecular weight is 399 g/mol. The fourth-order valence-electron chi connectivity index (χ4n) is 2.54. The molecule has 0 aliphatic rings. The van der Waals surface area contributed by atoms with E-state index in [2.05, 4.69) is 25.1 Å². The monoisotopic (exact) mass is 399 g/mol.